The maximum Gasteiger partial charge on any atom is 0.308 e. The van der Waals surface area contributed by atoms with Crippen LogP contribution in [0.4, 0.5) is 4.39 Å². The molecule has 2 aromatic carbocycles. The molecule has 0 fully saturated rings. The Hall–Kier alpha value is -2.25. The Morgan fingerprint density at radius 2 is 1.86 bits per heavy atom. The van der Waals surface area contributed by atoms with Crippen molar-refractivity contribution in [2.75, 3.05) is 0 Å². The van der Waals surface area contributed by atoms with Crippen molar-refractivity contribution >= 4 is 16.0 Å². The Balaban J connectivity index is 2.08. The minimum Gasteiger partial charge on any atom is -0.427 e. The number of nitrogens with one attached hydrogen (secondary N) is 1. The molecule has 0 aliphatic heterocycles. The molecule has 0 heterocycles. The number of esters is 1. The lowest BCUT2D eigenvalue weighted by Gasteiger charge is -2.08. The van der Waals surface area contributed by atoms with E-state index in [4.69, 9.17) is 4.74 Å². The van der Waals surface area contributed by atoms with Gasteiger partial charge in [-0.2, -0.15) is 0 Å². The van der Waals surface area contributed by atoms with E-state index < -0.39 is 21.8 Å². The quantitative estimate of drug-likeness (QED) is 0.676. The first kappa shape index (κ1) is 16.1. The van der Waals surface area contributed by atoms with Gasteiger partial charge in [0.1, 0.15) is 11.6 Å². The molecule has 0 saturated carbocycles. The monoisotopic (exact) mass is 323 g/mol. The average Bonchev–Trinajstić information content (AvgIpc) is 2.45. The van der Waals surface area contributed by atoms with Gasteiger partial charge in [0.15, 0.2) is 0 Å². The topological polar surface area (TPSA) is 72.5 Å². The van der Waals surface area contributed by atoms with Crippen molar-refractivity contribution in [3.8, 4) is 5.75 Å². The van der Waals surface area contributed by atoms with Gasteiger partial charge in [0.05, 0.1) is 4.90 Å². The van der Waals surface area contributed by atoms with Gasteiger partial charge in [-0.3, -0.25) is 4.79 Å². The van der Waals surface area contributed by atoms with Crippen LogP contribution in [-0.4, -0.2) is 14.4 Å². The number of hydrogen-bond donors (Lipinski definition) is 1. The lowest BCUT2D eigenvalue weighted by Crippen LogP contribution is -2.23. The fourth-order valence-electron chi connectivity index (χ4n) is 1.76. The van der Waals surface area contributed by atoms with Crippen molar-refractivity contribution in [1.29, 1.82) is 0 Å². The van der Waals surface area contributed by atoms with E-state index in [1.807, 2.05) is 0 Å². The first-order chi connectivity index (χ1) is 10.4. The molecule has 0 saturated heterocycles. The standard InChI is InChI=1S/C15H14FNO4S/c1-11(18)21-14-4-2-3-12(9-14)10-17-22(19,20)15-7-5-13(16)6-8-15/h2-9,17H,10H2,1H3. The van der Waals surface area contributed by atoms with Gasteiger partial charge in [0, 0.05) is 13.5 Å². The predicted octanol–water partition coefficient (Wildman–Crippen LogP) is 2.23. The molecule has 0 atom stereocenters. The number of rotatable bonds is 5. The highest BCUT2D eigenvalue weighted by atomic mass is 32.2. The molecule has 0 bridgehead atoms. The summed E-state index contributed by atoms with van der Waals surface area (Å²) < 4.78 is 44.3. The maximum absolute atomic E-state index is 12.8. The van der Waals surface area contributed by atoms with Crippen LogP contribution >= 0.6 is 0 Å². The summed E-state index contributed by atoms with van der Waals surface area (Å²) in [4.78, 5) is 10.9. The van der Waals surface area contributed by atoms with Crippen LogP contribution in [0.15, 0.2) is 53.4 Å². The predicted molar refractivity (Wildman–Crippen MR) is 78.2 cm³/mol. The van der Waals surface area contributed by atoms with E-state index in [2.05, 4.69) is 4.72 Å². The highest BCUT2D eigenvalue weighted by molar-refractivity contribution is 7.89. The number of hydrogen-bond acceptors (Lipinski definition) is 4. The van der Waals surface area contributed by atoms with E-state index in [1.165, 1.54) is 19.1 Å². The van der Waals surface area contributed by atoms with Gasteiger partial charge in [-0.05, 0) is 42.0 Å². The summed E-state index contributed by atoms with van der Waals surface area (Å²) in [6.45, 7) is 1.30. The third kappa shape index (κ3) is 4.37. The van der Waals surface area contributed by atoms with Crippen LogP contribution < -0.4 is 9.46 Å². The van der Waals surface area contributed by atoms with Crippen LogP contribution in [-0.2, 0) is 21.4 Å². The molecule has 0 aliphatic rings. The number of sulfonamides is 1. The van der Waals surface area contributed by atoms with Gasteiger partial charge in [-0.15, -0.1) is 0 Å². The molecule has 0 aliphatic carbocycles. The largest absolute Gasteiger partial charge is 0.427 e. The zero-order valence-electron chi connectivity index (χ0n) is 11.7. The fourth-order valence-corrected chi connectivity index (χ4v) is 2.78. The number of halogens is 1. The molecule has 5 nitrogen and oxygen atoms in total. The number of ether oxygens (including phenoxy) is 1. The Kier molecular flexibility index (Phi) is 4.89. The van der Waals surface area contributed by atoms with Gasteiger partial charge < -0.3 is 4.74 Å². The lowest BCUT2D eigenvalue weighted by molar-refractivity contribution is -0.131. The molecule has 116 valence electrons. The molecule has 1 N–H and O–H groups in total. The first-order valence-corrected chi connectivity index (χ1v) is 7.88. The average molecular weight is 323 g/mol. The zero-order valence-corrected chi connectivity index (χ0v) is 12.6. The smallest absolute Gasteiger partial charge is 0.308 e. The van der Waals surface area contributed by atoms with Gasteiger partial charge in [0.25, 0.3) is 0 Å². The number of benzene rings is 2. The van der Waals surface area contributed by atoms with Crippen LogP contribution in [0.2, 0.25) is 0 Å². The third-order valence-corrected chi connectivity index (χ3v) is 4.17. The molecule has 2 rings (SSSR count). The van der Waals surface area contributed by atoms with E-state index >= 15 is 0 Å². The van der Waals surface area contributed by atoms with Crippen LogP contribution in [0.1, 0.15) is 12.5 Å². The van der Waals surface area contributed by atoms with Gasteiger partial charge in [-0.25, -0.2) is 17.5 Å². The second-order valence-corrected chi connectivity index (χ2v) is 6.29. The summed E-state index contributed by atoms with van der Waals surface area (Å²) in [6.07, 6.45) is 0. The summed E-state index contributed by atoms with van der Waals surface area (Å²) in [5.41, 5.74) is 0.629. The van der Waals surface area contributed by atoms with Crippen molar-refractivity contribution < 1.29 is 22.3 Å². The Morgan fingerprint density at radius 3 is 2.50 bits per heavy atom. The minimum atomic E-state index is -3.74. The summed E-state index contributed by atoms with van der Waals surface area (Å²) in [5, 5.41) is 0. The highest BCUT2D eigenvalue weighted by Gasteiger charge is 2.13. The molecular formula is C15H14FNO4S. The second kappa shape index (κ2) is 6.67. The van der Waals surface area contributed by atoms with E-state index in [0.717, 1.165) is 12.1 Å². The second-order valence-electron chi connectivity index (χ2n) is 4.52. The van der Waals surface area contributed by atoms with E-state index in [-0.39, 0.29) is 11.4 Å². The lowest BCUT2D eigenvalue weighted by atomic mass is 10.2. The maximum atomic E-state index is 12.8. The summed E-state index contributed by atoms with van der Waals surface area (Å²) >= 11 is 0. The van der Waals surface area contributed by atoms with Crippen molar-refractivity contribution in [1.82, 2.24) is 4.72 Å². The van der Waals surface area contributed by atoms with Crippen molar-refractivity contribution in [2.45, 2.75) is 18.4 Å². The Bertz CT molecular complexity index is 772. The SMILES string of the molecule is CC(=O)Oc1cccc(CNS(=O)(=O)c2ccc(F)cc2)c1. The number of carbonyl (C=O) groups excluding carboxylic acids is 1. The van der Waals surface area contributed by atoms with Gasteiger partial charge >= 0.3 is 5.97 Å². The first-order valence-electron chi connectivity index (χ1n) is 6.39. The third-order valence-electron chi connectivity index (χ3n) is 2.75. The zero-order chi connectivity index (χ0) is 16.2. The molecule has 0 amide bonds. The van der Waals surface area contributed by atoms with E-state index in [9.17, 15) is 17.6 Å². The molecule has 0 radical (unpaired) electrons. The van der Waals surface area contributed by atoms with Gasteiger partial charge in [0.2, 0.25) is 10.0 Å². The van der Waals surface area contributed by atoms with Crippen molar-refractivity contribution in [3.05, 3.63) is 59.9 Å². The fraction of sp³-hybridized carbons (Fsp3) is 0.133. The molecule has 0 aromatic heterocycles. The molecule has 7 heteroatoms. The minimum absolute atomic E-state index is 0.0226. The highest BCUT2D eigenvalue weighted by Crippen LogP contribution is 2.15. The van der Waals surface area contributed by atoms with E-state index in [0.29, 0.717) is 11.3 Å². The molecule has 0 unspecified atom stereocenters. The molecule has 22 heavy (non-hydrogen) atoms. The molecule has 0 spiro atoms. The Labute approximate surface area is 127 Å². The normalized spacial score (nSPS) is 11.2. The van der Waals surface area contributed by atoms with Crippen LogP contribution in [0.25, 0.3) is 0 Å². The van der Waals surface area contributed by atoms with Crippen LogP contribution in [0, 0.1) is 5.82 Å². The summed E-state index contributed by atoms with van der Waals surface area (Å²) in [5.74, 6) is -0.622. The van der Waals surface area contributed by atoms with Crippen LogP contribution in [0.3, 0.4) is 0 Å². The summed E-state index contributed by atoms with van der Waals surface area (Å²) in [7, 11) is -3.74. The van der Waals surface area contributed by atoms with E-state index in [1.54, 1.807) is 24.3 Å². The molecular weight excluding hydrogens is 309 g/mol. The molecule has 2 aromatic rings. The Morgan fingerprint density at radius 1 is 1.18 bits per heavy atom. The van der Waals surface area contributed by atoms with Crippen molar-refractivity contribution in [3.63, 3.8) is 0 Å². The van der Waals surface area contributed by atoms with Crippen molar-refractivity contribution in [2.24, 2.45) is 0 Å². The van der Waals surface area contributed by atoms with Gasteiger partial charge in [-0.1, -0.05) is 12.1 Å². The summed E-state index contributed by atoms with van der Waals surface area (Å²) in [6, 6.07) is 11.0. The van der Waals surface area contributed by atoms with Crippen LogP contribution in [0.5, 0.6) is 5.75 Å². The number of carbonyl (C=O) groups is 1.